The van der Waals surface area contributed by atoms with Crippen molar-refractivity contribution in [2.24, 2.45) is 0 Å². The molecule has 0 saturated heterocycles. The Hall–Kier alpha value is -1.02. The number of nitrogens with one attached hydrogen (secondary N) is 1. The number of phosphoric acid groups is 1. The van der Waals surface area contributed by atoms with Crippen molar-refractivity contribution in [3.05, 3.63) is 24.3 Å². The highest BCUT2D eigenvalue weighted by molar-refractivity contribution is 7.47. The van der Waals surface area contributed by atoms with Crippen LogP contribution >= 0.6 is 7.82 Å². The van der Waals surface area contributed by atoms with Crippen molar-refractivity contribution >= 4 is 13.7 Å². The van der Waals surface area contributed by atoms with E-state index in [1.54, 1.807) is 6.08 Å². The molecule has 0 aliphatic heterocycles. The summed E-state index contributed by atoms with van der Waals surface area (Å²) in [5, 5.41) is 13.7. The molecular weight excluding hydrogens is 623 g/mol. The van der Waals surface area contributed by atoms with Crippen LogP contribution in [0.5, 0.6) is 0 Å². The van der Waals surface area contributed by atoms with E-state index < -0.39 is 20.0 Å². The lowest BCUT2D eigenvalue weighted by Gasteiger charge is -2.25. The molecule has 0 aliphatic rings. The molecule has 284 valence electrons. The van der Waals surface area contributed by atoms with Crippen molar-refractivity contribution < 1.29 is 32.9 Å². The van der Waals surface area contributed by atoms with Gasteiger partial charge in [0.05, 0.1) is 39.9 Å². The number of likely N-dealkylation sites (N-methyl/N-ethyl adjacent to an activating group) is 1. The third-order valence-electron chi connectivity index (χ3n) is 8.67. The molecule has 3 atom stereocenters. The van der Waals surface area contributed by atoms with E-state index in [0.29, 0.717) is 17.4 Å². The first-order chi connectivity index (χ1) is 23.0. The van der Waals surface area contributed by atoms with Gasteiger partial charge >= 0.3 is 7.82 Å². The highest BCUT2D eigenvalue weighted by Gasteiger charge is 2.27. The van der Waals surface area contributed by atoms with Gasteiger partial charge in [0.1, 0.15) is 13.2 Å². The molecular formula is C39H78N2O6P+. The minimum absolute atomic E-state index is 0.0578. The average Bonchev–Trinajstić information content (AvgIpc) is 3.02. The molecule has 0 rings (SSSR count). The number of rotatable bonds is 35. The molecule has 0 aromatic carbocycles. The Balaban J connectivity index is 4.56. The van der Waals surface area contributed by atoms with Crippen molar-refractivity contribution in [2.75, 3.05) is 40.9 Å². The zero-order valence-corrected chi connectivity index (χ0v) is 32.9. The lowest BCUT2D eigenvalue weighted by molar-refractivity contribution is -0.870. The van der Waals surface area contributed by atoms with Crippen molar-refractivity contribution in [1.82, 2.24) is 5.32 Å². The summed E-state index contributed by atoms with van der Waals surface area (Å²) in [6, 6.07) is -0.855. The quantitative estimate of drug-likeness (QED) is 0.0263. The van der Waals surface area contributed by atoms with E-state index in [1.807, 2.05) is 27.2 Å². The smallest absolute Gasteiger partial charge is 0.387 e. The van der Waals surface area contributed by atoms with Gasteiger partial charge in [-0.1, -0.05) is 154 Å². The lowest BCUT2D eigenvalue weighted by atomic mass is 10.0. The molecule has 3 N–H and O–H groups in total. The largest absolute Gasteiger partial charge is 0.472 e. The van der Waals surface area contributed by atoms with Crippen LogP contribution < -0.4 is 5.32 Å². The lowest BCUT2D eigenvalue weighted by Crippen LogP contribution is -2.45. The van der Waals surface area contributed by atoms with Crippen LogP contribution in [-0.2, 0) is 18.4 Å². The van der Waals surface area contributed by atoms with Gasteiger partial charge < -0.3 is 19.8 Å². The van der Waals surface area contributed by atoms with Gasteiger partial charge in [0.2, 0.25) is 5.91 Å². The van der Waals surface area contributed by atoms with Gasteiger partial charge in [-0.25, -0.2) is 4.57 Å². The normalized spacial score (nSPS) is 14.9. The molecule has 0 aliphatic carbocycles. The first-order valence-corrected chi connectivity index (χ1v) is 21.2. The zero-order chi connectivity index (χ0) is 35.8. The van der Waals surface area contributed by atoms with Gasteiger partial charge in [0.25, 0.3) is 0 Å². The average molecular weight is 702 g/mol. The second-order valence-corrected chi connectivity index (χ2v) is 16.1. The Labute approximate surface area is 296 Å². The minimum Gasteiger partial charge on any atom is -0.387 e. The summed E-state index contributed by atoms with van der Waals surface area (Å²) in [6.07, 6.45) is 35.2. The Morgan fingerprint density at radius 3 is 1.67 bits per heavy atom. The van der Waals surface area contributed by atoms with Crippen LogP contribution in [0.25, 0.3) is 0 Å². The first-order valence-electron chi connectivity index (χ1n) is 19.7. The second kappa shape index (κ2) is 31.9. The molecule has 1 amide bonds. The molecule has 9 heteroatoms. The number of amides is 1. The fourth-order valence-electron chi connectivity index (χ4n) is 5.47. The summed E-state index contributed by atoms with van der Waals surface area (Å²) in [7, 11) is 1.56. The molecule has 0 fully saturated rings. The molecule has 48 heavy (non-hydrogen) atoms. The number of carbonyl (C=O) groups is 1. The predicted octanol–water partition coefficient (Wildman–Crippen LogP) is 10.2. The fourth-order valence-corrected chi connectivity index (χ4v) is 6.20. The van der Waals surface area contributed by atoms with Crippen molar-refractivity contribution in [3.8, 4) is 0 Å². The number of unbranched alkanes of at least 4 members (excludes halogenated alkanes) is 20. The standard InChI is InChI=1S/C39H77N2O6P/c1-6-8-10-12-14-16-18-20-22-24-26-28-30-32-38(42)37(36-47-48(44,45)46-35-34-41(3,4)5)40-39(43)33-31-29-27-25-23-21-19-17-15-13-11-9-7-2/h22,24,30,32,37-38,42H,6-21,23,25-29,31,33-36H2,1-5H3,(H-,40,43,44,45)/p+1/b24-22+,32-30+. The maximum Gasteiger partial charge on any atom is 0.472 e. The number of hydrogen-bond acceptors (Lipinski definition) is 5. The number of hydrogen-bond donors (Lipinski definition) is 3. The summed E-state index contributed by atoms with van der Waals surface area (Å²) in [5.74, 6) is -0.189. The SMILES string of the molecule is CCCCCCCCC/C=C/CC/C=C/C(O)C(COP(=O)(O)OCC[N+](C)(C)C)NC(=O)CCCCCCCCCCCCCCC. The Kier molecular flexibility index (Phi) is 31.2. The van der Waals surface area contributed by atoms with Gasteiger partial charge in [0.15, 0.2) is 0 Å². The fraction of sp³-hybridized carbons (Fsp3) is 0.872. The van der Waals surface area contributed by atoms with Gasteiger partial charge in [-0.3, -0.25) is 13.8 Å². The van der Waals surface area contributed by atoms with E-state index in [0.717, 1.165) is 38.5 Å². The van der Waals surface area contributed by atoms with E-state index in [2.05, 4.69) is 31.3 Å². The third-order valence-corrected chi connectivity index (χ3v) is 9.66. The summed E-state index contributed by atoms with van der Waals surface area (Å²) in [5.41, 5.74) is 0. The van der Waals surface area contributed by atoms with E-state index >= 15 is 0 Å². The monoisotopic (exact) mass is 702 g/mol. The number of aliphatic hydroxyl groups excluding tert-OH is 1. The van der Waals surface area contributed by atoms with Crippen molar-refractivity contribution in [2.45, 2.75) is 180 Å². The van der Waals surface area contributed by atoms with Gasteiger partial charge in [-0.05, 0) is 32.1 Å². The Bertz CT molecular complexity index is 845. The maximum absolute atomic E-state index is 12.8. The number of phosphoric ester groups is 1. The van der Waals surface area contributed by atoms with Crippen LogP contribution in [0.2, 0.25) is 0 Å². The van der Waals surface area contributed by atoms with Crippen molar-refractivity contribution in [1.29, 1.82) is 0 Å². The van der Waals surface area contributed by atoms with Gasteiger partial charge in [-0.2, -0.15) is 0 Å². The molecule has 3 unspecified atom stereocenters. The topological polar surface area (TPSA) is 105 Å². The highest BCUT2D eigenvalue weighted by Crippen LogP contribution is 2.43. The molecule has 8 nitrogen and oxygen atoms in total. The van der Waals surface area contributed by atoms with E-state index in [-0.39, 0.29) is 19.1 Å². The van der Waals surface area contributed by atoms with Crippen LogP contribution in [0.3, 0.4) is 0 Å². The maximum atomic E-state index is 12.8. The number of quaternary nitrogens is 1. The summed E-state index contributed by atoms with van der Waals surface area (Å²) in [4.78, 5) is 23.0. The van der Waals surface area contributed by atoms with Crippen LogP contribution in [0, 0.1) is 0 Å². The van der Waals surface area contributed by atoms with E-state index in [1.165, 1.54) is 109 Å². The minimum atomic E-state index is -4.33. The zero-order valence-electron chi connectivity index (χ0n) is 32.0. The van der Waals surface area contributed by atoms with Crippen LogP contribution in [0.1, 0.15) is 168 Å². The number of carbonyl (C=O) groups excluding carboxylic acids is 1. The van der Waals surface area contributed by atoms with Crippen molar-refractivity contribution in [3.63, 3.8) is 0 Å². The molecule has 0 aromatic rings. The summed E-state index contributed by atoms with van der Waals surface area (Å²) >= 11 is 0. The van der Waals surface area contributed by atoms with Gasteiger partial charge in [-0.15, -0.1) is 0 Å². The predicted molar refractivity (Wildman–Crippen MR) is 203 cm³/mol. The van der Waals surface area contributed by atoms with E-state index in [4.69, 9.17) is 9.05 Å². The van der Waals surface area contributed by atoms with Crippen LogP contribution in [-0.4, -0.2) is 73.4 Å². The number of aliphatic hydroxyl groups is 1. The Morgan fingerprint density at radius 2 is 1.15 bits per heavy atom. The first kappa shape index (κ1) is 47.0. The molecule has 0 spiro atoms. The van der Waals surface area contributed by atoms with Crippen LogP contribution in [0.4, 0.5) is 0 Å². The second-order valence-electron chi connectivity index (χ2n) is 14.7. The van der Waals surface area contributed by atoms with Gasteiger partial charge in [0, 0.05) is 6.42 Å². The Morgan fingerprint density at radius 1 is 0.688 bits per heavy atom. The molecule has 0 saturated carbocycles. The molecule has 0 heterocycles. The highest BCUT2D eigenvalue weighted by atomic mass is 31.2. The third kappa shape index (κ3) is 33.5. The molecule has 0 radical (unpaired) electrons. The molecule has 0 aromatic heterocycles. The number of nitrogens with zero attached hydrogens (tertiary/aromatic N) is 1. The van der Waals surface area contributed by atoms with Crippen LogP contribution in [0.15, 0.2) is 24.3 Å². The summed E-state index contributed by atoms with van der Waals surface area (Å²) in [6.45, 7) is 4.76. The number of allylic oxidation sites excluding steroid dienone is 3. The van der Waals surface area contributed by atoms with E-state index in [9.17, 15) is 19.4 Å². The molecule has 0 bridgehead atoms. The summed E-state index contributed by atoms with van der Waals surface area (Å²) < 4.78 is 23.4.